The van der Waals surface area contributed by atoms with Gasteiger partial charge in [-0.3, -0.25) is 0 Å². The van der Waals surface area contributed by atoms with Crippen LogP contribution in [0.2, 0.25) is 12.1 Å². The lowest BCUT2D eigenvalue weighted by atomic mass is 10.3. The van der Waals surface area contributed by atoms with Crippen LogP contribution in [0.1, 0.15) is 13.8 Å². The molecule has 78 valence electrons. The quantitative estimate of drug-likeness (QED) is 0.697. The maximum Gasteiger partial charge on any atom is 0.223 e. The molecular formula is C11H17FOSi. The van der Waals surface area contributed by atoms with E-state index in [1.165, 1.54) is 6.07 Å². The van der Waals surface area contributed by atoms with Crippen LogP contribution in [0.25, 0.3) is 0 Å². The normalized spacial score (nSPS) is 11.7. The van der Waals surface area contributed by atoms with Gasteiger partial charge in [-0.2, -0.15) is 0 Å². The van der Waals surface area contributed by atoms with Gasteiger partial charge in [0.1, 0.15) is 5.82 Å². The fourth-order valence-electron chi connectivity index (χ4n) is 1.84. The topological polar surface area (TPSA) is 9.23 Å². The van der Waals surface area contributed by atoms with E-state index in [2.05, 4.69) is 13.8 Å². The molecule has 0 saturated heterocycles. The summed E-state index contributed by atoms with van der Waals surface area (Å²) in [5, 5.41) is 1.06. The summed E-state index contributed by atoms with van der Waals surface area (Å²) in [6.07, 6.45) is 0. The minimum atomic E-state index is -1.86. The fourth-order valence-corrected chi connectivity index (χ4v) is 4.77. The minimum Gasteiger partial charge on any atom is -0.416 e. The molecule has 0 fully saturated rings. The van der Waals surface area contributed by atoms with Crippen molar-refractivity contribution in [1.29, 1.82) is 0 Å². The van der Waals surface area contributed by atoms with Crippen molar-refractivity contribution in [3.63, 3.8) is 0 Å². The van der Waals surface area contributed by atoms with Gasteiger partial charge in [0.2, 0.25) is 8.32 Å². The maximum atomic E-state index is 13.1. The summed E-state index contributed by atoms with van der Waals surface area (Å²) in [6, 6.07) is 8.81. The van der Waals surface area contributed by atoms with Crippen molar-refractivity contribution in [3.05, 3.63) is 30.1 Å². The third-order valence-corrected chi connectivity index (χ3v) is 7.31. The average Bonchev–Trinajstić information content (AvgIpc) is 2.22. The lowest BCUT2D eigenvalue weighted by Gasteiger charge is -2.27. The summed E-state index contributed by atoms with van der Waals surface area (Å²) in [7, 11) is -0.125. The molecule has 1 nitrogen and oxygen atoms in total. The molecule has 0 spiro atoms. The van der Waals surface area contributed by atoms with Crippen LogP contribution < -0.4 is 5.19 Å². The molecule has 0 bridgehead atoms. The summed E-state index contributed by atoms with van der Waals surface area (Å²) >= 11 is 0. The van der Waals surface area contributed by atoms with Gasteiger partial charge in [0.15, 0.2) is 0 Å². The van der Waals surface area contributed by atoms with Crippen molar-refractivity contribution in [2.75, 3.05) is 7.11 Å². The van der Waals surface area contributed by atoms with E-state index in [0.29, 0.717) is 0 Å². The van der Waals surface area contributed by atoms with Crippen LogP contribution in [-0.2, 0) is 4.43 Å². The van der Waals surface area contributed by atoms with Crippen LogP contribution in [0.3, 0.4) is 0 Å². The summed E-state index contributed by atoms with van der Waals surface area (Å²) < 4.78 is 18.7. The van der Waals surface area contributed by atoms with Gasteiger partial charge in [0.05, 0.1) is 0 Å². The second-order valence-electron chi connectivity index (χ2n) is 3.42. The van der Waals surface area contributed by atoms with E-state index in [0.717, 1.165) is 17.3 Å². The second-order valence-corrected chi connectivity index (χ2v) is 7.80. The van der Waals surface area contributed by atoms with Gasteiger partial charge < -0.3 is 4.43 Å². The Balaban J connectivity index is 3.10. The van der Waals surface area contributed by atoms with Crippen LogP contribution in [0.4, 0.5) is 4.39 Å². The maximum absolute atomic E-state index is 13.1. The van der Waals surface area contributed by atoms with Gasteiger partial charge in [-0.15, -0.1) is 0 Å². The van der Waals surface area contributed by atoms with E-state index >= 15 is 0 Å². The molecule has 3 heteroatoms. The molecule has 0 amide bonds. The molecule has 1 aromatic rings. The van der Waals surface area contributed by atoms with Crippen molar-refractivity contribution in [2.24, 2.45) is 0 Å². The van der Waals surface area contributed by atoms with Crippen LogP contribution in [0.5, 0.6) is 0 Å². The SMILES string of the molecule is CC[Si](CC)(OC)c1cccc(F)c1. The smallest absolute Gasteiger partial charge is 0.223 e. The molecule has 1 aromatic carbocycles. The highest BCUT2D eigenvalue weighted by atomic mass is 28.4. The first-order chi connectivity index (χ1) is 6.68. The van der Waals surface area contributed by atoms with Gasteiger partial charge in [0.25, 0.3) is 0 Å². The van der Waals surface area contributed by atoms with Gasteiger partial charge in [-0.1, -0.05) is 26.0 Å². The molecule has 0 heterocycles. The van der Waals surface area contributed by atoms with Crippen LogP contribution in [-0.4, -0.2) is 15.4 Å². The molecular weight excluding hydrogens is 195 g/mol. The zero-order valence-electron chi connectivity index (χ0n) is 9.01. The Morgan fingerprint density at radius 3 is 2.36 bits per heavy atom. The summed E-state index contributed by atoms with van der Waals surface area (Å²) in [5.41, 5.74) is 0. The molecule has 0 radical (unpaired) electrons. The third-order valence-electron chi connectivity index (χ3n) is 2.88. The number of benzene rings is 1. The van der Waals surface area contributed by atoms with Gasteiger partial charge in [0, 0.05) is 7.11 Å². The zero-order valence-corrected chi connectivity index (χ0v) is 10.0. The first-order valence-electron chi connectivity index (χ1n) is 4.99. The molecule has 0 aromatic heterocycles. The van der Waals surface area contributed by atoms with E-state index in [1.807, 2.05) is 6.07 Å². The zero-order chi connectivity index (χ0) is 10.6. The Morgan fingerprint density at radius 2 is 1.93 bits per heavy atom. The predicted molar refractivity (Wildman–Crippen MR) is 59.8 cm³/mol. The highest BCUT2D eigenvalue weighted by molar-refractivity contribution is 6.86. The van der Waals surface area contributed by atoms with Gasteiger partial charge in [-0.05, 0) is 29.4 Å². The number of halogens is 1. The van der Waals surface area contributed by atoms with E-state index in [-0.39, 0.29) is 5.82 Å². The molecule has 0 saturated carbocycles. The summed E-state index contributed by atoms with van der Waals surface area (Å²) in [5.74, 6) is -0.168. The van der Waals surface area contributed by atoms with E-state index < -0.39 is 8.32 Å². The monoisotopic (exact) mass is 212 g/mol. The first-order valence-corrected chi connectivity index (χ1v) is 7.32. The Hall–Kier alpha value is -0.673. The minimum absolute atomic E-state index is 0.168. The second kappa shape index (κ2) is 4.71. The fraction of sp³-hybridized carbons (Fsp3) is 0.455. The molecule has 0 aliphatic heterocycles. The highest BCUT2D eigenvalue weighted by Crippen LogP contribution is 2.16. The number of hydrogen-bond donors (Lipinski definition) is 0. The highest BCUT2D eigenvalue weighted by Gasteiger charge is 2.32. The Kier molecular flexibility index (Phi) is 3.83. The average molecular weight is 212 g/mol. The molecule has 0 atom stereocenters. The largest absolute Gasteiger partial charge is 0.416 e. The van der Waals surface area contributed by atoms with Crippen LogP contribution in [0, 0.1) is 5.82 Å². The first kappa shape index (κ1) is 11.4. The summed E-state index contributed by atoms with van der Waals surface area (Å²) in [4.78, 5) is 0. The molecule has 1 rings (SSSR count). The Bertz CT molecular complexity index is 289. The van der Waals surface area contributed by atoms with Crippen molar-refractivity contribution in [3.8, 4) is 0 Å². The molecule has 0 N–H and O–H groups in total. The lowest BCUT2D eigenvalue weighted by molar-refractivity contribution is 0.405. The molecule has 0 aliphatic carbocycles. The predicted octanol–water partition coefficient (Wildman–Crippen LogP) is 2.66. The van der Waals surface area contributed by atoms with Gasteiger partial charge >= 0.3 is 0 Å². The molecule has 0 unspecified atom stereocenters. The van der Waals surface area contributed by atoms with Crippen LogP contribution in [0.15, 0.2) is 24.3 Å². The van der Waals surface area contributed by atoms with Gasteiger partial charge in [-0.25, -0.2) is 4.39 Å². The lowest BCUT2D eigenvalue weighted by Crippen LogP contribution is -2.48. The van der Waals surface area contributed by atoms with Crippen molar-refractivity contribution in [1.82, 2.24) is 0 Å². The summed E-state index contributed by atoms with van der Waals surface area (Å²) in [6.45, 7) is 4.23. The van der Waals surface area contributed by atoms with E-state index in [1.54, 1.807) is 19.2 Å². The molecule has 14 heavy (non-hydrogen) atoms. The molecule has 0 aliphatic rings. The van der Waals surface area contributed by atoms with Crippen molar-refractivity contribution < 1.29 is 8.82 Å². The Labute approximate surface area is 86.0 Å². The third kappa shape index (κ3) is 2.04. The Morgan fingerprint density at radius 1 is 1.29 bits per heavy atom. The number of hydrogen-bond acceptors (Lipinski definition) is 1. The van der Waals surface area contributed by atoms with Crippen molar-refractivity contribution in [2.45, 2.75) is 25.9 Å². The number of rotatable bonds is 4. The van der Waals surface area contributed by atoms with Crippen LogP contribution >= 0.6 is 0 Å². The van der Waals surface area contributed by atoms with E-state index in [9.17, 15) is 4.39 Å². The van der Waals surface area contributed by atoms with Crippen molar-refractivity contribution >= 4 is 13.5 Å². The standard InChI is InChI=1S/C11H17FOSi/c1-4-14(5-2,13-3)11-8-6-7-10(12)9-11/h6-9H,4-5H2,1-3H3. The van der Waals surface area contributed by atoms with E-state index in [4.69, 9.17) is 4.43 Å².